The molecule has 0 aliphatic carbocycles. The highest BCUT2D eigenvalue weighted by molar-refractivity contribution is 5.33. The number of piperidine rings is 1. The van der Waals surface area contributed by atoms with E-state index in [0.29, 0.717) is 12.6 Å². The lowest BCUT2D eigenvalue weighted by Gasteiger charge is -2.32. The van der Waals surface area contributed by atoms with Gasteiger partial charge in [-0.05, 0) is 19.8 Å². The molecule has 1 saturated heterocycles. The van der Waals surface area contributed by atoms with Crippen molar-refractivity contribution in [1.82, 2.24) is 9.55 Å². The van der Waals surface area contributed by atoms with Crippen molar-refractivity contribution in [2.75, 3.05) is 31.7 Å². The smallest absolute Gasteiger partial charge is 0.205 e. The number of hydrogen-bond acceptors (Lipinski definition) is 4. The van der Waals surface area contributed by atoms with Gasteiger partial charge in [-0.15, -0.1) is 0 Å². The Bertz CT molecular complexity index is 352. The van der Waals surface area contributed by atoms with Crippen molar-refractivity contribution in [3.63, 3.8) is 0 Å². The largest absolute Gasteiger partial charge is 0.383 e. The number of nitrogens with zero attached hydrogens (tertiary/aromatic N) is 3. The minimum absolute atomic E-state index is 0.270. The van der Waals surface area contributed by atoms with E-state index in [1.165, 1.54) is 0 Å². The van der Waals surface area contributed by atoms with E-state index in [4.69, 9.17) is 10.5 Å². The molecule has 0 aromatic carbocycles. The summed E-state index contributed by atoms with van der Waals surface area (Å²) in [6.07, 6.45) is 6.12. The Morgan fingerprint density at radius 1 is 1.65 bits per heavy atom. The third-order valence-corrected chi connectivity index (χ3v) is 3.27. The first-order chi connectivity index (χ1) is 8.22. The molecule has 2 rings (SSSR count). The molecular formula is C12H22N4O. The van der Waals surface area contributed by atoms with Gasteiger partial charge in [0.05, 0.1) is 12.6 Å². The highest BCUT2D eigenvalue weighted by Crippen LogP contribution is 2.21. The van der Waals surface area contributed by atoms with Gasteiger partial charge in [-0.2, -0.15) is 0 Å². The fourth-order valence-corrected chi connectivity index (χ4v) is 2.41. The molecule has 0 spiro atoms. The van der Waals surface area contributed by atoms with Crippen molar-refractivity contribution in [2.45, 2.75) is 31.8 Å². The fraction of sp³-hybridized carbons (Fsp3) is 0.750. The van der Waals surface area contributed by atoms with E-state index in [1.807, 2.05) is 12.4 Å². The van der Waals surface area contributed by atoms with Crippen molar-refractivity contribution < 1.29 is 4.74 Å². The van der Waals surface area contributed by atoms with Gasteiger partial charge in [0.2, 0.25) is 5.95 Å². The lowest BCUT2D eigenvalue weighted by molar-refractivity contribution is 0.162. The van der Waals surface area contributed by atoms with Crippen molar-refractivity contribution in [3.8, 4) is 0 Å². The van der Waals surface area contributed by atoms with E-state index in [0.717, 1.165) is 31.9 Å². The van der Waals surface area contributed by atoms with E-state index in [9.17, 15) is 0 Å². The van der Waals surface area contributed by atoms with Crippen LogP contribution >= 0.6 is 0 Å². The van der Waals surface area contributed by atoms with E-state index < -0.39 is 0 Å². The summed E-state index contributed by atoms with van der Waals surface area (Å²) in [5.74, 6) is 1.02. The zero-order valence-corrected chi connectivity index (χ0v) is 10.7. The summed E-state index contributed by atoms with van der Waals surface area (Å²) in [5.41, 5.74) is 6.01. The molecule has 0 amide bonds. The molecule has 1 aliphatic rings. The monoisotopic (exact) mass is 238 g/mol. The Morgan fingerprint density at radius 3 is 3.18 bits per heavy atom. The summed E-state index contributed by atoms with van der Waals surface area (Å²) in [5, 5.41) is 0. The van der Waals surface area contributed by atoms with Crippen LogP contribution in [0.5, 0.6) is 0 Å². The van der Waals surface area contributed by atoms with Crippen LogP contribution in [0.3, 0.4) is 0 Å². The third kappa shape index (κ3) is 2.79. The van der Waals surface area contributed by atoms with Gasteiger partial charge in [-0.1, -0.05) is 0 Å². The first-order valence-corrected chi connectivity index (χ1v) is 6.24. The van der Waals surface area contributed by atoms with Crippen LogP contribution in [0.1, 0.15) is 25.8 Å². The van der Waals surface area contributed by atoms with Gasteiger partial charge in [0.25, 0.3) is 0 Å². The van der Waals surface area contributed by atoms with Crippen LogP contribution in [0.25, 0.3) is 0 Å². The van der Waals surface area contributed by atoms with Crippen LogP contribution < -0.4 is 10.6 Å². The molecule has 5 nitrogen and oxygen atoms in total. The lowest BCUT2D eigenvalue weighted by Crippen LogP contribution is -2.44. The fourth-order valence-electron chi connectivity index (χ4n) is 2.41. The molecule has 1 aliphatic heterocycles. The summed E-state index contributed by atoms with van der Waals surface area (Å²) in [6.45, 7) is 4.78. The number of imidazole rings is 1. The Labute approximate surface area is 103 Å². The number of methoxy groups -OCH3 is 1. The zero-order chi connectivity index (χ0) is 12.3. The zero-order valence-electron chi connectivity index (χ0n) is 10.7. The molecule has 96 valence electrons. The number of ether oxygens (including phenoxy) is 1. The van der Waals surface area contributed by atoms with E-state index in [1.54, 1.807) is 7.11 Å². The second kappa shape index (κ2) is 5.51. The van der Waals surface area contributed by atoms with Crippen LogP contribution in [0, 0.1) is 0 Å². The molecule has 0 saturated carbocycles. The van der Waals surface area contributed by atoms with Gasteiger partial charge in [0.1, 0.15) is 0 Å². The number of hydrogen-bond donors (Lipinski definition) is 1. The highest BCUT2D eigenvalue weighted by Gasteiger charge is 2.21. The minimum atomic E-state index is 0.270. The van der Waals surface area contributed by atoms with Crippen LogP contribution in [0.15, 0.2) is 12.4 Å². The normalized spacial score (nSPS) is 22.8. The summed E-state index contributed by atoms with van der Waals surface area (Å²) in [6, 6.07) is 0.572. The standard InChI is InChI=1S/C12H22N4O/c1-10(9-17-2)16-7-5-14-12(16)15-6-3-4-11(13)8-15/h5,7,10-11H,3-4,6,8-9,13H2,1-2H3. The molecule has 1 aromatic rings. The Morgan fingerprint density at radius 2 is 2.47 bits per heavy atom. The summed E-state index contributed by atoms with van der Waals surface area (Å²) in [7, 11) is 1.73. The minimum Gasteiger partial charge on any atom is -0.383 e. The van der Waals surface area contributed by atoms with E-state index >= 15 is 0 Å². The number of anilines is 1. The van der Waals surface area contributed by atoms with Crippen molar-refractivity contribution >= 4 is 5.95 Å². The predicted molar refractivity (Wildman–Crippen MR) is 68.2 cm³/mol. The molecule has 0 radical (unpaired) electrons. The van der Waals surface area contributed by atoms with E-state index in [2.05, 4.69) is 21.4 Å². The molecule has 17 heavy (non-hydrogen) atoms. The van der Waals surface area contributed by atoms with Gasteiger partial charge in [0.15, 0.2) is 0 Å². The summed E-state index contributed by atoms with van der Waals surface area (Å²) >= 11 is 0. The van der Waals surface area contributed by atoms with Crippen molar-refractivity contribution in [1.29, 1.82) is 0 Å². The van der Waals surface area contributed by atoms with Crippen LogP contribution in [-0.2, 0) is 4.74 Å². The SMILES string of the molecule is COCC(C)n1ccnc1N1CCCC(N)C1. The topological polar surface area (TPSA) is 56.3 Å². The number of nitrogens with two attached hydrogens (primary N) is 1. The van der Waals surface area contributed by atoms with Crippen LogP contribution in [0.2, 0.25) is 0 Å². The Hall–Kier alpha value is -1.07. The Kier molecular flexibility index (Phi) is 4.02. The molecule has 2 N–H and O–H groups in total. The summed E-state index contributed by atoms with van der Waals surface area (Å²) in [4.78, 5) is 6.73. The molecule has 5 heteroatoms. The molecule has 1 aromatic heterocycles. The maximum atomic E-state index is 6.01. The maximum Gasteiger partial charge on any atom is 0.205 e. The van der Waals surface area contributed by atoms with Crippen LogP contribution in [0.4, 0.5) is 5.95 Å². The number of rotatable bonds is 4. The highest BCUT2D eigenvalue weighted by atomic mass is 16.5. The van der Waals surface area contributed by atoms with Gasteiger partial charge in [-0.3, -0.25) is 0 Å². The first-order valence-electron chi connectivity index (χ1n) is 6.24. The summed E-state index contributed by atoms with van der Waals surface area (Å²) < 4.78 is 7.37. The Balaban J connectivity index is 2.12. The third-order valence-electron chi connectivity index (χ3n) is 3.27. The van der Waals surface area contributed by atoms with Crippen molar-refractivity contribution in [3.05, 3.63) is 12.4 Å². The average Bonchev–Trinajstić information content (AvgIpc) is 2.78. The first kappa shape index (κ1) is 12.4. The molecule has 0 bridgehead atoms. The van der Waals surface area contributed by atoms with Gasteiger partial charge < -0.3 is 19.9 Å². The molecule has 2 atom stereocenters. The maximum absolute atomic E-state index is 6.01. The lowest BCUT2D eigenvalue weighted by atomic mass is 10.1. The predicted octanol–water partition coefficient (Wildman–Crippen LogP) is 1.02. The molecule has 1 fully saturated rings. The van der Waals surface area contributed by atoms with Gasteiger partial charge in [-0.25, -0.2) is 4.98 Å². The average molecular weight is 238 g/mol. The van der Waals surface area contributed by atoms with Crippen molar-refractivity contribution in [2.24, 2.45) is 5.73 Å². The molecule has 2 heterocycles. The number of aromatic nitrogens is 2. The van der Waals surface area contributed by atoms with Crippen LogP contribution in [-0.4, -0.2) is 42.4 Å². The quantitative estimate of drug-likeness (QED) is 0.851. The van der Waals surface area contributed by atoms with E-state index in [-0.39, 0.29) is 6.04 Å². The second-order valence-electron chi connectivity index (χ2n) is 4.79. The second-order valence-corrected chi connectivity index (χ2v) is 4.79. The molecular weight excluding hydrogens is 216 g/mol. The molecule has 2 unspecified atom stereocenters. The van der Waals surface area contributed by atoms with Gasteiger partial charge >= 0.3 is 0 Å². The van der Waals surface area contributed by atoms with Gasteiger partial charge in [0, 0.05) is 38.6 Å².